The first-order chi connectivity index (χ1) is 14.2. The standard InChI is InChI=1S/C24H29N3O2.ClH/c1-25-21-10-4-5-11-22(21)27(23(25)28)15-7-6-14-26-16-12-24(13-17-26)20-9-3-2-8-19(20)18-29-24;/h2-5,8-11H,6-7,12-18H2,1H3;1H. The number of aryl methyl sites for hydroxylation is 2. The molecular formula is C24H30ClN3O2. The van der Waals surface area contributed by atoms with Gasteiger partial charge in [-0.05, 0) is 55.5 Å². The third-order valence-electron chi connectivity index (χ3n) is 6.83. The summed E-state index contributed by atoms with van der Waals surface area (Å²) in [4.78, 5) is 15.1. The zero-order chi connectivity index (χ0) is 19.8. The molecule has 2 aliphatic rings. The molecule has 1 spiro atoms. The first kappa shape index (κ1) is 21.2. The molecule has 0 bridgehead atoms. The fourth-order valence-electron chi connectivity index (χ4n) is 5.12. The predicted octanol–water partition coefficient (Wildman–Crippen LogP) is 4.06. The molecule has 30 heavy (non-hydrogen) atoms. The van der Waals surface area contributed by atoms with Crippen molar-refractivity contribution in [1.82, 2.24) is 14.0 Å². The van der Waals surface area contributed by atoms with Crippen molar-refractivity contribution in [3.63, 3.8) is 0 Å². The minimum Gasteiger partial charge on any atom is -0.365 e. The number of benzene rings is 2. The molecule has 3 aromatic rings. The second-order valence-corrected chi connectivity index (χ2v) is 8.47. The van der Waals surface area contributed by atoms with E-state index in [0.717, 1.165) is 69.5 Å². The lowest BCUT2D eigenvalue weighted by Crippen LogP contribution is -2.42. The number of piperidine rings is 1. The smallest absolute Gasteiger partial charge is 0.328 e. The van der Waals surface area contributed by atoms with Crippen molar-refractivity contribution >= 4 is 23.4 Å². The highest BCUT2D eigenvalue weighted by Gasteiger charge is 2.42. The second kappa shape index (κ2) is 8.58. The minimum absolute atomic E-state index is 0. The van der Waals surface area contributed by atoms with E-state index in [2.05, 4.69) is 29.2 Å². The maximum atomic E-state index is 12.5. The van der Waals surface area contributed by atoms with Gasteiger partial charge in [0.05, 0.1) is 23.2 Å². The van der Waals surface area contributed by atoms with Crippen LogP contribution in [0.2, 0.25) is 0 Å². The van der Waals surface area contributed by atoms with E-state index >= 15 is 0 Å². The molecule has 160 valence electrons. The number of hydrogen-bond donors (Lipinski definition) is 0. The van der Waals surface area contributed by atoms with Crippen molar-refractivity contribution in [2.24, 2.45) is 7.05 Å². The van der Waals surface area contributed by atoms with Gasteiger partial charge in [0.2, 0.25) is 0 Å². The van der Waals surface area contributed by atoms with E-state index in [1.165, 1.54) is 11.1 Å². The molecule has 0 unspecified atom stereocenters. The van der Waals surface area contributed by atoms with Crippen LogP contribution in [0.3, 0.4) is 0 Å². The summed E-state index contributed by atoms with van der Waals surface area (Å²) < 4.78 is 9.94. The average Bonchev–Trinajstić information content (AvgIpc) is 3.24. The molecule has 6 heteroatoms. The number of unbranched alkanes of at least 4 members (excludes halogenated alkanes) is 1. The number of ether oxygens (including phenoxy) is 1. The van der Waals surface area contributed by atoms with Crippen LogP contribution in [0.5, 0.6) is 0 Å². The summed E-state index contributed by atoms with van der Waals surface area (Å²) in [5, 5.41) is 0. The van der Waals surface area contributed by atoms with Crippen molar-refractivity contribution in [3.05, 3.63) is 70.1 Å². The molecule has 5 rings (SSSR count). The Morgan fingerprint density at radius 3 is 2.40 bits per heavy atom. The molecule has 1 fully saturated rings. The average molecular weight is 428 g/mol. The number of nitrogens with zero attached hydrogens (tertiary/aromatic N) is 3. The van der Waals surface area contributed by atoms with Crippen LogP contribution in [0.25, 0.3) is 11.0 Å². The van der Waals surface area contributed by atoms with Gasteiger partial charge in [-0.3, -0.25) is 9.13 Å². The van der Waals surface area contributed by atoms with Crippen molar-refractivity contribution in [3.8, 4) is 0 Å². The highest BCUT2D eigenvalue weighted by Crippen LogP contribution is 2.43. The summed E-state index contributed by atoms with van der Waals surface area (Å²) >= 11 is 0. The molecular weight excluding hydrogens is 398 g/mol. The minimum atomic E-state index is -0.0522. The van der Waals surface area contributed by atoms with E-state index < -0.39 is 0 Å². The summed E-state index contributed by atoms with van der Waals surface area (Å²) in [6.45, 7) is 4.81. The van der Waals surface area contributed by atoms with Crippen LogP contribution >= 0.6 is 12.4 Å². The van der Waals surface area contributed by atoms with Gasteiger partial charge in [-0.2, -0.15) is 0 Å². The zero-order valence-corrected chi connectivity index (χ0v) is 18.4. The summed E-state index contributed by atoms with van der Waals surface area (Å²) in [5.74, 6) is 0. The summed E-state index contributed by atoms with van der Waals surface area (Å²) in [6, 6.07) is 16.7. The Hall–Kier alpha value is -2.08. The van der Waals surface area contributed by atoms with Crippen molar-refractivity contribution in [2.75, 3.05) is 19.6 Å². The molecule has 0 N–H and O–H groups in total. The van der Waals surface area contributed by atoms with Crippen LogP contribution < -0.4 is 5.69 Å². The maximum Gasteiger partial charge on any atom is 0.328 e. The normalized spacial score (nSPS) is 17.9. The summed E-state index contributed by atoms with van der Waals surface area (Å²) in [6.07, 6.45) is 4.29. The zero-order valence-electron chi connectivity index (χ0n) is 17.5. The molecule has 3 heterocycles. The second-order valence-electron chi connectivity index (χ2n) is 8.47. The highest BCUT2D eigenvalue weighted by atomic mass is 35.5. The van der Waals surface area contributed by atoms with Crippen LogP contribution in [0.1, 0.15) is 36.8 Å². The van der Waals surface area contributed by atoms with Gasteiger partial charge in [0, 0.05) is 26.7 Å². The van der Waals surface area contributed by atoms with E-state index in [0.29, 0.717) is 0 Å². The van der Waals surface area contributed by atoms with Crippen LogP contribution in [0.4, 0.5) is 0 Å². The number of halogens is 1. The number of hydrogen-bond acceptors (Lipinski definition) is 3. The molecule has 0 saturated carbocycles. The summed E-state index contributed by atoms with van der Waals surface area (Å²) in [5.41, 5.74) is 4.86. The highest BCUT2D eigenvalue weighted by molar-refractivity contribution is 5.85. The third kappa shape index (κ3) is 3.59. The topological polar surface area (TPSA) is 39.4 Å². The largest absolute Gasteiger partial charge is 0.365 e. The Bertz CT molecular complexity index is 1080. The SMILES string of the molecule is Cl.Cn1c(=O)n(CCCCN2CCC3(CC2)OCc2ccccc23)c2ccccc21. The molecule has 2 aromatic carbocycles. The van der Waals surface area contributed by atoms with Gasteiger partial charge in [-0.1, -0.05) is 36.4 Å². The quantitative estimate of drug-likeness (QED) is 0.576. The summed E-state index contributed by atoms with van der Waals surface area (Å²) in [7, 11) is 1.86. The Balaban J connectivity index is 0.00000218. The van der Waals surface area contributed by atoms with Gasteiger partial charge < -0.3 is 9.64 Å². The van der Waals surface area contributed by atoms with Gasteiger partial charge in [-0.25, -0.2) is 4.79 Å². The van der Waals surface area contributed by atoms with E-state index in [1.54, 1.807) is 4.57 Å². The molecule has 0 radical (unpaired) electrons. The van der Waals surface area contributed by atoms with Crippen molar-refractivity contribution in [1.29, 1.82) is 0 Å². The lowest BCUT2D eigenvalue weighted by molar-refractivity contribution is -0.0788. The van der Waals surface area contributed by atoms with E-state index in [1.807, 2.05) is 35.9 Å². The number of para-hydroxylation sites is 2. The molecule has 0 amide bonds. The maximum absolute atomic E-state index is 12.5. The fourth-order valence-corrected chi connectivity index (χ4v) is 5.12. The van der Waals surface area contributed by atoms with Gasteiger partial charge in [0.15, 0.2) is 0 Å². The van der Waals surface area contributed by atoms with Crippen molar-refractivity contribution in [2.45, 2.75) is 44.4 Å². The molecule has 1 aromatic heterocycles. The first-order valence-corrected chi connectivity index (χ1v) is 10.8. The number of rotatable bonds is 5. The third-order valence-corrected chi connectivity index (χ3v) is 6.83. The van der Waals surface area contributed by atoms with Crippen LogP contribution in [-0.2, 0) is 30.5 Å². The van der Waals surface area contributed by atoms with E-state index in [-0.39, 0.29) is 23.7 Å². The van der Waals surface area contributed by atoms with Gasteiger partial charge in [0.1, 0.15) is 0 Å². The lowest BCUT2D eigenvalue weighted by atomic mass is 9.84. The molecule has 0 atom stereocenters. The van der Waals surface area contributed by atoms with E-state index in [9.17, 15) is 4.79 Å². The van der Waals surface area contributed by atoms with Crippen LogP contribution in [-0.4, -0.2) is 33.7 Å². The van der Waals surface area contributed by atoms with E-state index in [4.69, 9.17) is 4.74 Å². The van der Waals surface area contributed by atoms with Gasteiger partial charge in [-0.15, -0.1) is 12.4 Å². The number of imidazole rings is 1. The molecule has 5 nitrogen and oxygen atoms in total. The Morgan fingerprint density at radius 2 is 1.60 bits per heavy atom. The number of aromatic nitrogens is 2. The monoisotopic (exact) mass is 427 g/mol. The fraction of sp³-hybridized carbons (Fsp3) is 0.458. The number of fused-ring (bicyclic) bond motifs is 3. The van der Waals surface area contributed by atoms with Crippen molar-refractivity contribution < 1.29 is 4.74 Å². The Kier molecular flexibility index (Phi) is 6.05. The predicted molar refractivity (Wildman–Crippen MR) is 122 cm³/mol. The molecule has 2 aliphatic heterocycles. The lowest BCUT2D eigenvalue weighted by Gasteiger charge is -2.39. The number of likely N-dealkylation sites (tertiary alicyclic amines) is 1. The van der Waals surface area contributed by atoms with Crippen LogP contribution in [0, 0.1) is 0 Å². The van der Waals surface area contributed by atoms with Gasteiger partial charge in [0.25, 0.3) is 0 Å². The first-order valence-electron chi connectivity index (χ1n) is 10.8. The Morgan fingerprint density at radius 1 is 0.933 bits per heavy atom. The Labute approximate surface area is 183 Å². The van der Waals surface area contributed by atoms with Crippen LogP contribution in [0.15, 0.2) is 53.3 Å². The van der Waals surface area contributed by atoms with Gasteiger partial charge >= 0.3 is 5.69 Å². The molecule has 0 aliphatic carbocycles. The molecule has 1 saturated heterocycles.